The minimum absolute atomic E-state index is 0.143. The molecule has 20 heavy (non-hydrogen) atoms. The molecule has 2 aromatic heterocycles. The second-order valence-corrected chi connectivity index (χ2v) is 4.79. The summed E-state index contributed by atoms with van der Waals surface area (Å²) in [6.07, 6.45) is 8.00. The van der Waals surface area contributed by atoms with Crippen LogP contribution in [0.1, 0.15) is 26.7 Å². The average Bonchev–Trinajstić information content (AvgIpc) is 3.01. The number of aryl methyl sites for hydroxylation is 2. The third kappa shape index (κ3) is 3.40. The van der Waals surface area contributed by atoms with E-state index in [0.29, 0.717) is 25.9 Å². The number of Topliss-reactive ketones (excluding diaryl/α,β-unsaturated/α-hetero) is 2. The third-order valence-corrected chi connectivity index (χ3v) is 3.04. The van der Waals surface area contributed by atoms with Crippen LogP contribution in [-0.4, -0.2) is 30.7 Å². The van der Waals surface area contributed by atoms with Crippen molar-refractivity contribution in [1.82, 2.24) is 19.1 Å². The van der Waals surface area contributed by atoms with Gasteiger partial charge in [0.2, 0.25) is 0 Å². The van der Waals surface area contributed by atoms with Crippen molar-refractivity contribution in [2.24, 2.45) is 0 Å². The molecule has 0 spiro atoms. The standard InChI is InChI=1S/C14H18N4O2/c1-11(19)3-7-17-9-5-15-13(17)14-16-6-10-18(14)8-4-12(2)20/h5-6,9-10H,3-4,7-8H2,1-2H3. The van der Waals surface area contributed by atoms with Crippen LogP contribution >= 0.6 is 0 Å². The number of carbonyl (C=O) groups excluding carboxylic acids is 2. The molecule has 0 N–H and O–H groups in total. The Hall–Kier alpha value is -2.24. The van der Waals surface area contributed by atoms with Crippen molar-refractivity contribution in [2.75, 3.05) is 0 Å². The number of hydrogen-bond donors (Lipinski definition) is 0. The van der Waals surface area contributed by atoms with Gasteiger partial charge in [-0.3, -0.25) is 9.59 Å². The van der Waals surface area contributed by atoms with Gasteiger partial charge in [0, 0.05) is 50.7 Å². The fraction of sp³-hybridized carbons (Fsp3) is 0.429. The van der Waals surface area contributed by atoms with E-state index in [1.165, 1.54) is 0 Å². The molecule has 6 heteroatoms. The lowest BCUT2D eigenvalue weighted by Gasteiger charge is -2.09. The second-order valence-electron chi connectivity index (χ2n) is 4.79. The van der Waals surface area contributed by atoms with E-state index >= 15 is 0 Å². The molecular formula is C14H18N4O2. The van der Waals surface area contributed by atoms with Gasteiger partial charge in [0.1, 0.15) is 11.6 Å². The van der Waals surface area contributed by atoms with Crippen LogP contribution in [0.25, 0.3) is 11.6 Å². The molecule has 0 atom stereocenters. The van der Waals surface area contributed by atoms with E-state index in [9.17, 15) is 9.59 Å². The summed E-state index contributed by atoms with van der Waals surface area (Å²) in [5, 5.41) is 0. The molecular weight excluding hydrogens is 256 g/mol. The van der Waals surface area contributed by atoms with Gasteiger partial charge in [-0.1, -0.05) is 0 Å². The Balaban J connectivity index is 2.19. The average molecular weight is 274 g/mol. The Bertz CT molecular complexity index is 558. The van der Waals surface area contributed by atoms with Crippen LogP contribution in [0.15, 0.2) is 24.8 Å². The molecule has 106 valence electrons. The van der Waals surface area contributed by atoms with Crippen molar-refractivity contribution in [3.8, 4) is 11.6 Å². The summed E-state index contributed by atoms with van der Waals surface area (Å²) in [6, 6.07) is 0. The van der Waals surface area contributed by atoms with Crippen LogP contribution in [-0.2, 0) is 22.7 Å². The molecule has 2 rings (SSSR count). The molecule has 2 aromatic rings. The lowest BCUT2D eigenvalue weighted by Crippen LogP contribution is -2.08. The second kappa shape index (κ2) is 6.27. The molecule has 0 saturated heterocycles. The van der Waals surface area contributed by atoms with Crippen LogP contribution in [0.4, 0.5) is 0 Å². The van der Waals surface area contributed by atoms with Gasteiger partial charge in [-0.25, -0.2) is 9.97 Å². The van der Waals surface area contributed by atoms with Gasteiger partial charge in [-0.05, 0) is 13.8 Å². The Morgan fingerprint density at radius 1 is 0.900 bits per heavy atom. The zero-order chi connectivity index (χ0) is 14.5. The van der Waals surface area contributed by atoms with Gasteiger partial charge in [0.25, 0.3) is 0 Å². The number of rotatable bonds is 7. The normalized spacial score (nSPS) is 10.7. The first-order chi connectivity index (χ1) is 9.58. The topological polar surface area (TPSA) is 69.8 Å². The fourth-order valence-corrected chi connectivity index (χ4v) is 1.95. The molecule has 0 aromatic carbocycles. The zero-order valence-electron chi connectivity index (χ0n) is 11.7. The van der Waals surface area contributed by atoms with Crippen LogP contribution in [0, 0.1) is 0 Å². The molecule has 0 unspecified atom stereocenters. The molecule has 6 nitrogen and oxygen atoms in total. The minimum atomic E-state index is 0.143. The molecule has 2 heterocycles. The summed E-state index contributed by atoms with van der Waals surface area (Å²) < 4.78 is 3.82. The van der Waals surface area contributed by atoms with Gasteiger partial charge in [0.15, 0.2) is 11.6 Å². The van der Waals surface area contributed by atoms with Gasteiger partial charge in [-0.15, -0.1) is 0 Å². The van der Waals surface area contributed by atoms with Crippen LogP contribution in [0.2, 0.25) is 0 Å². The lowest BCUT2D eigenvalue weighted by molar-refractivity contribution is -0.118. The Labute approximate surface area is 117 Å². The summed E-state index contributed by atoms with van der Waals surface area (Å²) in [6.45, 7) is 4.32. The number of aromatic nitrogens is 4. The molecule has 0 radical (unpaired) electrons. The summed E-state index contributed by atoms with van der Waals surface area (Å²) in [7, 11) is 0. The highest BCUT2D eigenvalue weighted by molar-refractivity contribution is 5.75. The molecule has 0 amide bonds. The largest absolute Gasteiger partial charge is 0.328 e. The van der Waals surface area contributed by atoms with Crippen molar-refractivity contribution in [3.05, 3.63) is 24.8 Å². The highest BCUT2D eigenvalue weighted by atomic mass is 16.1. The van der Waals surface area contributed by atoms with E-state index in [0.717, 1.165) is 11.6 Å². The van der Waals surface area contributed by atoms with Gasteiger partial charge in [-0.2, -0.15) is 0 Å². The van der Waals surface area contributed by atoms with E-state index in [1.807, 2.05) is 21.5 Å². The predicted molar refractivity (Wildman–Crippen MR) is 74.0 cm³/mol. The van der Waals surface area contributed by atoms with E-state index in [1.54, 1.807) is 26.2 Å². The van der Waals surface area contributed by atoms with E-state index < -0.39 is 0 Å². The Morgan fingerprint density at radius 2 is 1.30 bits per heavy atom. The summed E-state index contributed by atoms with van der Waals surface area (Å²) >= 11 is 0. The van der Waals surface area contributed by atoms with Crippen molar-refractivity contribution < 1.29 is 9.59 Å². The maximum atomic E-state index is 11.1. The van der Waals surface area contributed by atoms with E-state index in [4.69, 9.17) is 0 Å². The minimum Gasteiger partial charge on any atom is -0.328 e. The SMILES string of the molecule is CC(=O)CCn1ccnc1-c1nccn1CCC(C)=O. The quantitative estimate of drug-likeness (QED) is 0.770. The maximum absolute atomic E-state index is 11.1. The number of ketones is 2. The molecule has 0 bridgehead atoms. The summed E-state index contributed by atoms with van der Waals surface area (Å²) in [5.74, 6) is 1.73. The molecule has 0 aliphatic carbocycles. The number of hydrogen-bond acceptors (Lipinski definition) is 4. The van der Waals surface area contributed by atoms with Gasteiger partial charge >= 0.3 is 0 Å². The first kappa shape index (κ1) is 14.2. The summed E-state index contributed by atoms with van der Waals surface area (Å²) in [5.41, 5.74) is 0. The van der Waals surface area contributed by atoms with Crippen LogP contribution < -0.4 is 0 Å². The van der Waals surface area contributed by atoms with Crippen molar-refractivity contribution in [2.45, 2.75) is 39.8 Å². The van der Waals surface area contributed by atoms with Gasteiger partial charge < -0.3 is 9.13 Å². The zero-order valence-corrected chi connectivity index (χ0v) is 11.7. The first-order valence-corrected chi connectivity index (χ1v) is 6.59. The highest BCUT2D eigenvalue weighted by Crippen LogP contribution is 2.16. The molecule has 0 fully saturated rings. The number of imidazole rings is 2. The van der Waals surface area contributed by atoms with Crippen molar-refractivity contribution in [3.63, 3.8) is 0 Å². The smallest absolute Gasteiger partial charge is 0.176 e. The Morgan fingerprint density at radius 3 is 1.65 bits per heavy atom. The number of nitrogens with zero attached hydrogens (tertiary/aromatic N) is 4. The fourth-order valence-electron chi connectivity index (χ4n) is 1.95. The van der Waals surface area contributed by atoms with E-state index in [-0.39, 0.29) is 11.6 Å². The van der Waals surface area contributed by atoms with Crippen LogP contribution in [0.3, 0.4) is 0 Å². The Kier molecular flexibility index (Phi) is 4.45. The van der Waals surface area contributed by atoms with Crippen LogP contribution in [0.5, 0.6) is 0 Å². The number of carbonyl (C=O) groups is 2. The monoisotopic (exact) mass is 274 g/mol. The van der Waals surface area contributed by atoms with Crippen molar-refractivity contribution in [1.29, 1.82) is 0 Å². The predicted octanol–water partition coefficient (Wildman–Crippen LogP) is 1.70. The third-order valence-electron chi connectivity index (χ3n) is 3.04. The molecule has 0 saturated carbocycles. The van der Waals surface area contributed by atoms with E-state index in [2.05, 4.69) is 9.97 Å². The lowest BCUT2D eigenvalue weighted by atomic mass is 10.3. The highest BCUT2D eigenvalue weighted by Gasteiger charge is 2.12. The first-order valence-electron chi connectivity index (χ1n) is 6.59. The molecule has 0 aliphatic rings. The van der Waals surface area contributed by atoms with Gasteiger partial charge in [0.05, 0.1) is 0 Å². The van der Waals surface area contributed by atoms with Crippen molar-refractivity contribution >= 4 is 11.6 Å². The maximum Gasteiger partial charge on any atom is 0.176 e. The molecule has 0 aliphatic heterocycles. The summed E-state index contributed by atoms with van der Waals surface area (Å²) in [4.78, 5) is 30.8.